The van der Waals surface area contributed by atoms with Gasteiger partial charge in [-0.05, 0) is 37.3 Å². The predicted octanol–water partition coefficient (Wildman–Crippen LogP) is 1.38. The highest BCUT2D eigenvalue weighted by Crippen LogP contribution is 2.29. The fourth-order valence-corrected chi connectivity index (χ4v) is 3.10. The van der Waals surface area contributed by atoms with Crippen LogP contribution in [0, 0.1) is 5.92 Å². The lowest BCUT2D eigenvalue weighted by atomic mass is 9.82. The van der Waals surface area contributed by atoms with Gasteiger partial charge in [-0.2, -0.15) is 0 Å². The Morgan fingerprint density at radius 2 is 2.00 bits per heavy atom. The minimum atomic E-state index is -0.664. The van der Waals surface area contributed by atoms with Gasteiger partial charge >= 0.3 is 0 Å². The number of hydrogen-bond acceptors (Lipinski definition) is 2. The standard InChI is InChI=1S/C15H19NO2/c1-15(18)9-16(10-15)14(17)13-7-6-11-4-2-3-5-12(11)8-13/h2-5,13,18H,6-10H2,1H3. The molecule has 1 unspecified atom stereocenters. The Morgan fingerprint density at radius 1 is 1.33 bits per heavy atom. The second-order valence-electron chi connectivity index (χ2n) is 5.90. The van der Waals surface area contributed by atoms with Crippen LogP contribution in [0.1, 0.15) is 24.5 Å². The molecule has 1 aromatic carbocycles. The van der Waals surface area contributed by atoms with E-state index in [1.807, 2.05) is 6.07 Å². The first-order valence-electron chi connectivity index (χ1n) is 6.63. The number of aliphatic hydroxyl groups is 1. The minimum Gasteiger partial charge on any atom is -0.386 e. The van der Waals surface area contributed by atoms with Crippen LogP contribution in [-0.4, -0.2) is 34.6 Å². The van der Waals surface area contributed by atoms with Crippen molar-refractivity contribution in [3.05, 3.63) is 35.4 Å². The summed E-state index contributed by atoms with van der Waals surface area (Å²) in [6, 6.07) is 8.39. The Hall–Kier alpha value is -1.35. The summed E-state index contributed by atoms with van der Waals surface area (Å²) in [7, 11) is 0. The van der Waals surface area contributed by atoms with Crippen molar-refractivity contribution in [3.8, 4) is 0 Å². The molecule has 3 heteroatoms. The molecular weight excluding hydrogens is 226 g/mol. The van der Waals surface area contributed by atoms with Gasteiger partial charge in [0.1, 0.15) is 0 Å². The van der Waals surface area contributed by atoms with Crippen LogP contribution in [0.25, 0.3) is 0 Å². The third-order valence-electron chi connectivity index (χ3n) is 4.07. The molecule has 0 radical (unpaired) electrons. The number of benzene rings is 1. The molecule has 1 aliphatic carbocycles. The highest BCUT2D eigenvalue weighted by Gasteiger charge is 2.41. The summed E-state index contributed by atoms with van der Waals surface area (Å²) in [5, 5.41) is 9.69. The van der Waals surface area contributed by atoms with E-state index in [9.17, 15) is 9.90 Å². The number of likely N-dealkylation sites (tertiary alicyclic amines) is 1. The predicted molar refractivity (Wildman–Crippen MR) is 69.2 cm³/mol. The van der Waals surface area contributed by atoms with Gasteiger partial charge in [-0.3, -0.25) is 4.79 Å². The molecule has 3 rings (SSSR count). The normalized spacial score (nSPS) is 25.2. The van der Waals surface area contributed by atoms with Gasteiger partial charge in [0.2, 0.25) is 5.91 Å². The first-order chi connectivity index (χ1) is 8.55. The van der Waals surface area contributed by atoms with Crippen molar-refractivity contribution in [1.82, 2.24) is 4.90 Å². The van der Waals surface area contributed by atoms with Crippen molar-refractivity contribution in [1.29, 1.82) is 0 Å². The van der Waals surface area contributed by atoms with Crippen molar-refractivity contribution >= 4 is 5.91 Å². The van der Waals surface area contributed by atoms with Gasteiger partial charge in [-0.25, -0.2) is 0 Å². The van der Waals surface area contributed by atoms with Crippen LogP contribution >= 0.6 is 0 Å². The SMILES string of the molecule is CC1(O)CN(C(=O)C2CCc3ccccc3C2)C1. The molecule has 1 atom stereocenters. The Bertz CT molecular complexity index is 473. The van der Waals surface area contributed by atoms with Crippen LogP contribution in [-0.2, 0) is 17.6 Å². The maximum Gasteiger partial charge on any atom is 0.226 e. The molecule has 1 heterocycles. The van der Waals surface area contributed by atoms with Crippen LogP contribution in [0.2, 0.25) is 0 Å². The molecule has 3 nitrogen and oxygen atoms in total. The fourth-order valence-electron chi connectivity index (χ4n) is 3.10. The van der Waals surface area contributed by atoms with E-state index in [0.717, 1.165) is 19.3 Å². The average molecular weight is 245 g/mol. The number of amides is 1. The third-order valence-corrected chi connectivity index (χ3v) is 4.07. The maximum atomic E-state index is 12.3. The number of β-amino-alcohol motifs (C(OH)–C–C–N with tert-alkyl or cyclic N) is 1. The summed E-state index contributed by atoms with van der Waals surface area (Å²) >= 11 is 0. The van der Waals surface area contributed by atoms with Gasteiger partial charge in [0, 0.05) is 5.92 Å². The molecule has 0 saturated carbocycles. The van der Waals surface area contributed by atoms with Crippen LogP contribution in [0.15, 0.2) is 24.3 Å². The monoisotopic (exact) mass is 245 g/mol. The van der Waals surface area contributed by atoms with E-state index < -0.39 is 5.60 Å². The molecular formula is C15H19NO2. The fraction of sp³-hybridized carbons (Fsp3) is 0.533. The Labute approximate surface area is 107 Å². The number of hydrogen-bond donors (Lipinski definition) is 1. The van der Waals surface area contributed by atoms with Crippen molar-refractivity contribution < 1.29 is 9.90 Å². The Morgan fingerprint density at radius 3 is 2.67 bits per heavy atom. The molecule has 96 valence electrons. The molecule has 1 amide bonds. The van der Waals surface area contributed by atoms with Gasteiger partial charge in [0.05, 0.1) is 18.7 Å². The first kappa shape index (κ1) is 11.7. The van der Waals surface area contributed by atoms with E-state index in [0.29, 0.717) is 13.1 Å². The van der Waals surface area contributed by atoms with Gasteiger partial charge in [-0.15, -0.1) is 0 Å². The maximum absolute atomic E-state index is 12.3. The molecule has 1 aliphatic heterocycles. The Balaban J connectivity index is 1.68. The van der Waals surface area contributed by atoms with E-state index in [4.69, 9.17) is 0 Å². The van der Waals surface area contributed by atoms with Crippen molar-refractivity contribution in [3.63, 3.8) is 0 Å². The van der Waals surface area contributed by atoms with Gasteiger partial charge in [0.25, 0.3) is 0 Å². The number of rotatable bonds is 1. The van der Waals surface area contributed by atoms with E-state index >= 15 is 0 Å². The molecule has 0 aromatic heterocycles. The minimum absolute atomic E-state index is 0.107. The van der Waals surface area contributed by atoms with Crippen LogP contribution < -0.4 is 0 Å². The average Bonchev–Trinajstić information content (AvgIpc) is 2.34. The van der Waals surface area contributed by atoms with Gasteiger partial charge in [0.15, 0.2) is 0 Å². The zero-order chi connectivity index (χ0) is 12.8. The van der Waals surface area contributed by atoms with Crippen LogP contribution in [0.4, 0.5) is 0 Å². The third kappa shape index (κ3) is 2.03. The highest BCUT2D eigenvalue weighted by atomic mass is 16.3. The molecule has 1 N–H and O–H groups in total. The van der Waals surface area contributed by atoms with E-state index in [-0.39, 0.29) is 11.8 Å². The van der Waals surface area contributed by atoms with E-state index in [1.54, 1.807) is 11.8 Å². The number of carbonyl (C=O) groups is 1. The van der Waals surface area contributed by atoms with Crippen molar-refractivity contribution in [2.75, 3.05) is 13.1 Å². The molecule has 1 fully saturated rings. The smallest absolute Gasteiger partial charge is 0.226 e. The van der Waals surface area contributed by atoms with Crippen LogP contribution in [0.5, 0.6) is 0 Å². The second kappa shape index (κ2) is 4.09. The van der Waals surface area contributed by atoms with Crippen LogP contribution in [0.3, 0.4) is 0 Å². The topological polar surface area (TPSA) is 40.5 Å². The summed E-state index contributed by atoms with van der Waals surface area (Å²) in [6.07, 6.45) is 2.79. The molecule has 0 bridgehead atoms. The van der Waals surface area contributed by atoms with Gasteiger partial charge < -0.3 is 10.0 Å². The van der Waals surface area contributed by atoms with E-state index in [1.165, 1.54) is 11.1 Å². The Kier molecular flexibility index (Phi) is 2.67. The number of nitrogens with zero attached hydrogens (tertiary/aromatic N) is 1. The second-order valence-corrected chi connectivity index (χ2v) is 5.90. The summed E-state index contributed by atoms with van der Waals surface area (Å²) in [5.74, 6) is 0.326. The number of aryl methyl sites for hydroxylation is 1. The quantitative estimate of drug-likeness (QED) is 0.812. The molecule has 18 heavy (non-hydrogen) atoms. The number of fused-ring (bicyclic) bond motifs is 1. The van der Waals surface area contributed by atoms with E-state index in [2.05, 4.69) is 18.2 Å². The van der Waals surface area contributed by atoms with Gasteiger partial charge in [-0.1, -0.05) is 24.3 Å². The summed E-state index contributed by atoms with van der Waals surface area (Å²) in [6.45, 7) is 2.76. The zero-order valence-electron chi connectivity index (χ0n) is 10.7. The summed E-state index contributed by atoms with van der Waals surface area (Å²) < 4.78 is 0. The molecule has 2 aliphatic rings. The first-order valence-corrected chi connectivity index (χ1v) is 6.63. The number of carbonyl (C=O) groups excluding carboxylic acids is 1. The molecule has 1 saturated heterocycles. The lowest BCUT2D eigenvalue weighted by molar-refractivity contribution is -0.157. The lowest BCUT2D eigenvalue weighted by Crippen LogP contribution is -2.63. The summed E-state index contributed by atoms with van der Waals surface area (Å²) in [4.78, 5) is 14.1. The zero-order valence-corrected chi connectivity index (χ0v) is 10.7. The van der Waals surface area contributed by atoms with Crippen molar-refractivity contribution in [2.24, 2.45) is 5.92 Å². The lowest BCUT2D eigenvalue weighted by Gasteiger charge is -2.46. The molecule has 1 aromatic rings. The largest absolute Gasteiger partial charge is 0.386 e. The summed E-state index contributed by atoms with van der Waals surface area (Å²) in [5.41, 5.74) is 2.04. The van der Waals surface area contributed by atoms with Crippen molar-refractivity contribution in [2.45, 2.75) is 31.8 Å². The molecule has 0 spiro atoms. The highest BCUT2D eigenvalue weighted by molar-refractivity contribution is 5.80.